The molecule has 1 amide bonds. The minimum atomic E-state index is -0.962. The van der Waals surface area contributed by atoms with E-state index in [0.717, 1.165) is 36.1 Å². The smallest absolute Gasteiger partial charge is 0.340 e. The molecule has 1 atom stereocenters. The van der Waals surface area contributed by atoms with Crippen LogP contribution in [0.25, 0.3) is 0 Å². The molecule has 28 heavy (non-hydrogen) atoms. The summed E-state index contributed by atoms with van der Waals surface area (Å²) < 4.78 is 5.37. The zero-order valence-electron chi connectivity index (χ0n) is 15.9. The van der Waals surface area contributed by atoms with E-state index in [9.17, 15) is 14.9 Å². The standard InChI is InChI=1S/C21H22N2O3S2/c1-13(26-21(25)15-9-6-7-10-17(15)27-2)19(24)23-20-16(12-22)14-8-4-3-5-11-18(14)28-20/h6-7,9-10,13H,3-5,8,11H2,1-2H3,(H,23,24)/t13-/m1/s1. The van der Waals surface area contributed by atoms with Gasteiger partial charge in [0.15, 0.2) is 6.10 Å². The number of thioether (sulfide) groups is 1. The molecule has 3 rings (SSSR count). The van der Waals surface area contributed by atoms with Crippen molar-refractivity contribution in [2.75, 3.05) is 11.6 Å². The number of aryl methyl sites for hydroxylation is 1. The lowest BCUT2D eigenvalue weighted by molar-refractivity contribution is -0.123. The maximum atomic E-state index is 12.6. The maximum absolute atomic E-state index is 12.6. The second kappa shape index (κ2) is 9.26. The van der Waals surface area contributed by atoms with E-state index >= 15 is 0 Å². The van der Waals surface area contributed by atoms with Crippen LogP contribution in [0, 0.1) is 11.3 Å². The number of fused-ring (bicyclic) bond motifs is 1. The highest BCUT2D eigenvalue weighted by atomic mass is 32.2. The van der Waals surface area contributed by atoms with Crippen LogP contribution in [-0.2, 0) is 22.4 Å². The summed E-state index contributed by atoms with van der Waals surface area (Å²) in [6.45, 7) is 1.54. The van der Waals surface area contributed by atoms with Crippen molar-refractivity contribution in [3.05, 3.63) is 45.8 Å². The molecule has 1 N–H and O–H groups in total. The Hall–Kier alpha value is -2.30. The zero-order valence-corrected chi connectivity index (χ0v) is 17.5. The van der Waals surface area contributed by atoms with E-state index in [1.54, 1.807) is 19.1 Å². The van der Waals surface area contributed by atoms with Gasteiger partial charge in [0, 0.05) is 9.77 Å². The highest BCUT2D eigenvalue weighted by molar-refractivity contribution is 7.98. The fraction of sp³-hybridized carbons (Fsp3) is 0.381. The lowest BCUT2D eigenvalue weighted by Crippen LogP contribution is -2.30. The number of nitrogens with one attached hydrogen (secondary N) is 1. The molecule has 5 nitrogen and oxygen atoms in total. The number of ether oxygens (including phenoxy) is 1. The summed E-state index contributed by atoms with van der Waals surface area (Å²) in [5.41, 5.74) is 2.07. The van der Waals surface area contributed by atoms with Crippen molar-refractivity contribution in [2.24, 2.45) is 0 Å². The topological polar surface area (TPSA) is 79.2 Å². The van der Waals surface area contributed by atoms with Gasteiger partial charge in [-0.15, -0.1) is 23.1 Å². The fourth-order valence-corrected chi connectivity index (χ4v) is 5.08. The van der Waals surface area contributed by atoms with Crippen LogP contribution in [0.1, 0.15) is 52.5 Å². The van der Waals surface area contributed by atoms with E-state index in [1.807, 2.05) is 18.4 Å². The Morgan fingerprint density at radius 3 is 2.75 bits per heavy atom. The molecule has 146 valence electrons. The molecule has 0 saturated carbocycles. The second-order valence-corrected chi connectivity index (χ2v) is 8.57. The minimum Gasteiger partial charge on any atom is -0.449 e. The lowest BCUT2D eigenvalue weighted by Gasteiger charge is -2.14. The third-order valence-corrected chi connectivity index (χ3v) is 6.75. The molecule has 1 aromatic heterocycles. The zero-order chi connectivity index (χ0) is 20.1. The quantitative estimate of drug-likeness (QED) is 0.432. The van der Waals surface area contributed by atoms with Gasteiger partial charge in [0.05, 0.1) is 11.1 Å². The van der Waals surface area contributed by atoms with E-state index < -0.39 is 18.0 Å². The normalized spacial score (nSPS) is 14.3. The van der Waals surface area contributed by atoms with Gasteiger partial charge in [0.25, 0.3) is 5.91 Å². The van der Waals surface area contributed by atoms with E-state index in [2.05, 4.69) is 11.4 Å². The number of esters is 1. The number of rotatable bonds is 5. The van der Waals surface area contributed by atoms with Crippen molar-refractivity contribution in [3.63, 3.8) is 0 Å². The van der Waals surface area contributed by atoms with Crippen molar-refractivity contribution >= 4 is 40.0 Å². The number of nitriles is 1. The summed E-state index contributed by atoms with van der Waals surface area (Å²) in [6.07, 6.45) is 6.07. The average Bonchev–Trinajstić information content (AvgIpc) is 2.86. The van der Waals surface area contributed by atoms with Gasteiger partial charge in [-0.25, -0.2) is 4.79 Å². The summed E-state index contributed by atoms with van der Waals surface area (Å²) in [5, 5.41) is 12.9. The van der Waals surface area contributed by atoms with Gasteiger partial charge >= 0.3 is 5.97 Å². The SMILES string of the molecule is CSc1ccccc1C(=O)O[C@H](C)C(=O)Nc1sc2c(c1C#N)CCCCC2. The molecule has 2 aromatic rings. The first-order valence-electron chi connectivity index (χ1n) is 9.24. The number of amides is 1. The fourth-order valence-electron chi connectivity index (χ4n) is 3.25. The van der Waals surface area contributed by atoms with Gasteiger partial charge in [0.2, 0.25) is 0 Å². The van der Waals surface area contributed by atoms with Gasteiger partial charge in [-0.05, 0) is 56.6 Å². The molecule has 0 spiro atoms. The van der Waals surface area contributed by atoms with Gasteiger partial charge in [-0.1, -0.05) is 18.6 Å². The van der Waals surface area contributed by atoms with E-state index in [1.165, 1.54) is 34.4 Å². The monoisotopic (exact) mass is 414 g/mol. The van der Waals surface area contributed by atoms with Crippen LogP contribution in [0.3, 0.4) is 0 Å². The van der Waals surface area contributed by atoms with Crippen molar-refractivity contribution in [1.82, 2.24) is 0 Å². The maximum Gasteiger partial charge on any atom is 0.340 e. The van der Waals surface area contributed by atoms with Gasteiger partial charge in [0.1, 0.15) is 11.1 Å². The number of anilines is 1. The molecule has 0 bridgehead atoms. The van der Waals surface area contributed by atoms with Crippen molar-refractivity contribution in [2.45, 2.75) is 50.0 Å². The third kappa shape index (κ3) is 4.40. The molecule has 0 saturated heterocycles. The first-order chi connectivity index (χ1) is 13.5. The Balaban J connectivity index is 1.71. The van der Waals surface area contributed by atoms with E-state index in [-0.39, 0.29) is 0 Å². The van der Waals surface area contributed by atoms with Crippen molar-refractivity contribution in [3.8, 4) is 6.07 Å². The number of hydrogen-bond acceptors (Lipinski definition) is 6. The van der Waals surface area contributed by atoms with Crippen LogP contribution in [-0.4, -0.2) is 24.2 Å². The Bertz CT molecular complexity index is 930. The van der Waals surface area contributed by atoms with Crippen LogP contribution < -0.4 is 5.32 Å². The van der Waals surface area contributed by atoms with Crippen LogP contribution in [0.15, 0.2) is 29.2 Å². The molecule has 7 heteroatoms. The van der Waals surface area contributed by atoms with Gasteiger partial charge in [-0.2, -0.15) is 5.26 Å². The number of carbonyl (C=O) groups is 2. The molecule has 1 aliphatic carbocycles. The molecule has 0 aliphatic heterocycles. The largest absolute Gasteiger partial charge is 0.449 e. The van der Waals surface area contributed by atoms with Crippen molar-refractivity contribution < 1.29 is 14.3 Å². The van der Waals surface area contributed by atoms with Crippen LogP contribution >= 0.6 is 23.1 Å². The Kier molecular flexibility index (Phi) is 6.76. The summed E-state index contributed by atoms with van der Waals surface area (Å²) in [6, 6.07) is 9.38. The second-order valence-electron chi connectivity index (χ2n) is 6.62. The molecule has 0 unspecified atom stereocenters. The first-order valence-corrected chi connectivity index (χ1v) is 11.3. The molecule has 1 aliphatic rings. The van der Waals surface area contributed by atoms with E-state index in [0.29, 0.717) is 16.1 Å². The number of hydrogen-bond donors (Lipinski definition) is 1. The number of nitrogens with zero attached hydrogens (tertiary/aromatic N) is 1. The Morgan fingerprint density at radius 2 is 2.00 bits per heavy atom. The summed E-state index contributed by atoms with van der Waals surface area (Å²) in [7, 11) is 0. The van der Waals surface area contributed by atoms with Crippen LogP contribution in [0.2, 0.25) is 0 Å². The summed E-state index contributed by atoms with van der Waals surface area (Å²) >= 11 is 2.92. The van der Waals surface area contributed by atoms with Crippen LogP contribution in [0.5, 0.6) is 0 Å². The average molecular weight is 415 g/mol. The predicted molar refractivity (Wildman–Crippen MR) is 112 cm³/mol. The minimum absolute atomic E-state index is 0.428. The Labute approximate surface area is 173 Å². The first kappa shape index (κ1) is 20.4. The van der Waals surface area contributed by atoms with Crippen molar-refractivity contribution in [1.29, 1.82) is 5.26 Å². The summed E-state index contributed by atoms with van der Waals surface area (Å²) in [4.78, 5) is 27.0. The van der Waals surface area contributed by atoms with Crippen LogP contribution in [0.4, 0.5) is 5.00 Å². The Morgan fingerprint density at radius 1 is 1.25 bits per heavy atom. The number of thiophene rings is 1. The lowest BCUT2D eigenvalue weighted by atomic mass is 10.1. The summed E-state index contributed by atoms with van der Waals surface area (Å²) in [5.74, 6) is -0.960. The molecule has 0 fully saturated rings. The molecule has 0 radical (unpaired) electrons. The number of benzene rings is 1. The van der Waals surface area contributed by atoms with E-state index in [4.69, 9.17) is 4.74 Å². The van der Waals surface area contributed by atoms with Gasteiger partial charge in [-0.3, -0.25) is 4.79 Å². The molecular weight excluding hydrogens is 392 g/mol. The highest BCUT2D eigenvalue weighted by Crippen LogP contribution is 2.37. The molecule has 1 aromatic carbocycles. The molecule has 1 heterocycles. The molecular formula is C21H22N2O3S2. The highest BCUT2D eigenvalue weighted by Gasteiger charge is 2.25. The predicted octanol–water partition coefficient (Wildman–Crippen LogP) is 4.79. The van der Waals surface area contributed by atoms with Gasteiger partial charge < -0.3 is 10.1 Å². The number of carbonyl (C=O) groups excluding carboxylic acids is 2. The third-order valence-electron chi connectivity index (χ3n) is 4.75.